The minimum Gasteiger partial charge on any atom is -0.325 e. The van der Waals surface area contributed by atoms with Crippen molar-refractivity contribution in [2.45, 2.75) is 58.4 Å². The standard InChI is InChI=1S/C34H32ClN3O/c1-22-9-11-24(12-10-22)30-21-38-32(33(39)36-28-17-15-27(35)16-18-28)31(29-8-4-5-19-37(30)34(29)38)26-14-13-23-6-2-3-7-25(23)20-26/h9-18,20-21H,2-8,19H2,1H3,(H,36,39). The second kappa shape index (κ2) is 9.77. The number of halogens is 1. The van der Waals surface area contributed by atoms with Gasteiger partial charge in [0.25, 0.3) is 5.91 Å². The lowest BCUT2D eigenvalue weighted by Gasteiger charge is -2.17. The maximum absolute atomic E-state index is 14.2. The number of nitrogens with one attached hydrogen (secondary N) is 1. The molecule has 0 radical (unpaired) electrons. The van der Waals surface area contributed by atoms with Crippen LogP contribution in [0.1, 0.15) is 58.4 Å². The Balaban J connectivity index is 1.46. The lowest BCUT2D eigenvalue weighted by Crippen LogP contribution is -2.15. The van der Waals surface area contributed by atoms with Crippen LogP contribution in [0, 0.1) is 6.92 Å². The Hall–Kier alpha value is -3.76. The van der Waals surface area contributed by atoms with Crippen LogP contribution in [-0.4, -0.2) is 14.9 Å². The minimum atomic E-state index is -0.0977. The van der Waals surface area contributed by atoms with Gasteiger partial charge in [0, 0.05) is 34.6 Å². The lowest BCUT2D eigenvalue weighted by atomic mass is 9.88. The molecule has 5 aromatic rings. The molecule has 0 atom stereocenters. The molecular weight excluding hydrogens is 502 g/mol. The van der Waals surface area contributed by atoms with Crippen molar-refractivity contribution in [1.29, 1.82) is 0 Å². The summed E-state index contributed by atoms with van der Waals surface area (Å²) in [5.41, 5.74) is 12.6. The highest BCUT2D eigenvalue weighted by molar-refractivity contribution is 6.30. The molecule has 1 aliphatic heterocycles. The number of fused-ring (bicyclic) bond motifs is 1. The average Bonchev–Trinajstić information content (AvgIpc) is 3.37. The van der Waals surface area contributed by atoms with Crippen LogP contribution in [0.4, 0.5) is 5.69 Å². The molecule has 0 bridgehead atoms. The van der Waals surface area contributed by atoms with E-state index >= 15 is 0 Å². The van der Waals surface area contributed by atoms with Crippen LogP contribution in [0.15, 0.2) is 72.9 Å². The van der Waals surface area contributed by atoms with Crippen LogP contribution in [0.3, 0.4) is 0 Å². The summed E-state index contributed by atoms with van der Waals surface area (Å²) in [6.45, 7) is 3.06. The number of nitrogens with zero attached hydrogens (tertiary/aromatic N) is 2. The molecule has 0 saturated carbocycles. The fourth-order valence-electron chi connectivity index (χ4n) is 6.49. The Morgan fingerprint density at radius 1 is 0.821 bits per heavy atom. The molecule has 0 fully saturated rings. The fourth-order valence-corrected chi connectivity index (χ4v) is 6.61. The first kappa shape index (κ1) is 24.3. The second-order valence-corrected chi connectivity index (χ2v) is 11.5. The number of amides is 1. The van der Waals surface area contributed by atoms with Crippen LogP contribution in [0.25, 0.3) is 28.0 Å². The maximum Gasteiger partial charge on any atom is 0.273 e. The Bertz CT molecular complexity index is 1710. The third-order valence-corrected chi connectivity index (χ3v) is 8.69. The number of imidazole rings is 1. The number of rotatable bonds is 4. The highest BCUT2D eigenvalue weighted by Gasteiger charge is 2.30. The number of benzene rings is 3. The van der Waals surface area contributed by atoms with Crippen molar-refractivity contribution >= 4 is 28.8 Å². The predicted octanol–water partition coefficient (Wildman–Crippen LogP) is 8.50. The van der Waals surface area contributed by atoms with Crippen molar-refractivity contribution in [1.82, 2.24) is 8.97 Å². The van der Waals surface area contributed by atoms with Gasteiger partial charge in [0.15, 0.2) is 0 Å². The average molecular weight is 534 g/mol. The van der Waals surface area contributed by atoms with Gasteiger partial charge < -0.3 is 9.88 Å². The smallest absolute Gasteiger partial charge is 0.273 e. The van der Waals surface area contributed by atoms with Gasteiger partial charge in [-0.1, -0.05) is 59.6 Å². The van der Waals surface area contributed by atoms with Crippen molar-refractivity contribution in [2.24, 2.45) is 0 Å². The molecule has 7 rings (SSSR count). The molecule has 196 valence electrons. The van der Waals surface area contributed by atoms with Gasteiger partial charge in [-0.2, -0.15) is 0 Å². The number of hydrogen-bond acceptors (Lipinski definition) is 1. The van der Waals surface area contributed by atoms with Gasteiger partial charge in [-0.3, -0.25) is 9.20 Å². The van der Waals surface area contributed by atoms with Gasteiger partial charge in [0.2, 0.25) is 0 Å². The molecule has 0 spiro atoms. The molecule has 0 unspecified atom stereocenters. The van der Waals surface area contributed by atoms with Gasteiger partial charge in [-0.15, -0.1) is 0 Å². The molecule has 3 heterocycles. The molecule has 3 aromatic carbocycles. The van der Waals surface area contributed by atoms with E-state index in [1.807, 2.05) is 24.3 Å². The van der Waals surface area contributed by atoms with Crippen molar-refractivity contribution in [3.05, 3.63) is 106 Å². The Morgan fingerprint density at radius 3 is 2.33 bits per heavy atom. The van der Waals surface area contributed by atoms with E-state index in [0.717, 1.165) is 66.8 Å². The Kier molecular flexibility index (Phi) is 6.08. The maximum atomic E-state index is 14.2. The van der Waals surface area contributed by atoms with Gasteiger partial charge in [-0.05, 0) is 98.4 Å². The molecule has 2 aromatic heterocycles. The predicted molar refractivity (Wildman–Crippen MR) is 160 cm³/mol. The van der Waals surface area contributed by atoms with E-state index in [9.17, 15) is 4.79 Å². The van der Waals surface area contributed by atoms with Crippen molar-refractivity contribution < 1.29 is 4.79 Å². The van der Waals surface area contributed by atoms with Crippen LogP contribution in [-0.2, 0) is 25.8 Å². The van der Waals surface area contributed by atoms with Crippen LogP contribution >= 0.6 is 11.6 Å². The summed E-state index contributed by atoms with van der Waals surface area (Å²) in [6.07, 6.45) is 10.1. The fraction of sp³-hybridized carbons (Fsp3) is 0.265. The molecule has 2 aliphatic rings. The first-order valence-electron chi connectivity index (χ1n) is 14.1. The van der Waals surface area contributed by atoms with Gasteiger partial charge >= 0.3 is 0 Å². The molecule has 1 aliphatic carbocycles. The molecule has 4 nitrogen and oxygen atoms in total. The van der Waals surface area contributed by atoms with Crippen molar-refractivity contribution in [2.75, 3.05) is 5.32 Å². The summed E-state index contributed by atoms with van der Waals surface area (Å²) >= 11 is 6.12. The first-order chi connectivity index (χ1) is 19.1. The van der Waals surface area contributed by atoms with E-state index in [2.05, 4.69) is 69.9 Å². The quantitative estimate of drug-likeness (QED) is 0.247. The highest BCUT2D eigenvalue weighted by atomic mass is 35.5. The summed E-state index contributed by atoms with van der Waals surface area (Å²) in [6, 6.07) is 22.9. The van der Waals surface area contributed by atoms with E-state index in [1.54, 1.807) is 0 Å². The van der Waals surface area contributed by atoms with Crippen LogP contribution < -0.4 is 5.32 Å². The largest absolute Gasteiger partial charge is 0.325 e. The number of hydrogen-bond donors (Lipinski definition) is 1. The van der Waals surface area contributed by atoms with E-state index in [4.69, 9.17) is 11.6 Å². The van der Waals surface area contributed by atoms with E-state index in [-0.39, 0.29) is 5.91 Å². The zero-order valence-corrected chi connectivity index (χ0v) is 23.0. The normalized spacial score (nSPS) is 14.7. The second-order valence-electron chi connectivity index (χ2n) is 11.0. The zero-order chi connectivity index (χ0) is 26.5. The number of carbonyl (C=O) groups excluding carboxylic acids is 1. The molecule has 39 heavy (non-hydrogen) atoms. The SMILES string of the molecule is Cc1ccc(-c2cn3c(C(=O)Nc4ccc(Cl)cc4)c(-c4ccc5c(c4)CCCC5)c4c3n2CCCC4)cc1. The van der Waals surface area contributed by atoms with Gasteiger partial charge in [-0.25, -0.2) is 0 Å². The van der Waals surface area contributed by atoms with Crippen LogP contribution in [0.2, 0.25) is 5.02 Å². The summed E-state index contributed by atoms with van der Waals surface area (Å²) in [4.78, 5) is 14.2. The summed E-state index contributed by atoms with van der Waals surface area (Å²) < 4.78 is 4.60. The molecule has 5 heteroatoms. The summed E-state index contributed by atoms with van der Waals surface area (Å²) in [7, 11) is 0. The van der Waals surface area contributed by atoms with E-state index in [1.165, 1.54) is 40.7 Å². The molecule has 1 amide bonds. The number of carbonyl (C=O) groups is 1. The minimum absolute atomic E-state index is 0.0977. The molecule has 0 saturated heterocycles. The highest BCUT2D eigenvalue weighted by Crippen LogP contribution is 2.41. The van der Waals surface area contributed by atoms with Gasteiger partial charge in [0.05, 0.1) is 5.69 Å². The molecular formula is C34H32ClN3O. The lowest BCUT2D eigenvalue weighted by molar-refractivity contribution is 0.102. The van der Waals surface area contributed by atoms with E-state index in [0.29, 0.717) is 10.7 Å². The third-order valence-electron chi connectivity index (χ3n) is 8.44. The Morgan fingerprint density at radius 2 is 1.54 bits per heavy atom. The Labute approximate surface area is 234 Å². The monoisotopic (exact) mass is 533 g/mol. The van der Waals surface area contributed by atoms with Crippen LogP contribution in [0.5, 0.6) is 0 Å². The molecule has 1 N–H and O–H groups in total. The van der Waals surface area contributed by atoms with Gasteiger partial charge in [0.1, 0.15) is 11.3 Å². The van der Waals surface area contributed by atoms with Crippen molar-refractivity contribution in [3.63, 3.8) is 0 Å². The first-order valence-corrected chi connectivity index (χ1v) is 14.5. The third kappa shape index (κ3) is 4.28. The zero-order valence-electron chi connectivity index (χ0n) is 22.3. The summed E-state index contributed by atoms with van der Waals surface area (Å²) in [5, 5.41) is 3.82. The van der Waals surface area contributed by atoms with Crippen molar-refractivity contribution in [3.8, 4) is 22.4 Å². The number of aromatic nitrogens is 2. The van der Waals surface area contributed by atoms with E-state index < -0.39 is 0 Å². The number of anilines is 1. The topological polar surface area (TPSA) is 38.4 Å². The summed E-state index contributed by atoms with van der Waals surface area (Å²) in [5.74, 6) is -0.0977. The number of aryl methyl sites for hydroxylation is 5.